The van der Waals surface area contributed by atoms with E-state index in [1.54, 1.807) is 10.6 Å². The van der Waals surface area contributed by atoms with Crippen molar-refractivity contribution in [2.75, 3.05) is 11.4 Å². The predicted molar refractivity (Wildman–Crippen MR) is 104 cm³/mol. The molecule has 1 amide bonds. The minimum Gasteiger partial charge on any atom is -0.458 e. The number of fused-ring (bicyclic) bond motifs is 2. The number of amides is 1. The number of hydrogen-bond acceptors (Lipinski definition) is 3. The average molecular weight is 365 g/mol. The Labute approximate surface area is 157 Å². The van der Waals surface area contributed by atoms with Crippen LogP contribution in [0.25, 0.3) is 11.0 Å². The summed E-state index contributed by atoms with van der Waals surface area (Å²) >= 11 is 0. The van der Waals surface area contributed by atoms with Gasteiger partial charge in [-0.15, -0.1) is 0 Å². The first kappa shape index (κ1) is 17.4. The van der Waals surface area contributed by atoms with Crippen LogP contribution in [0.2, 0.25) is 0 Å². The van der Waals surface area contributed by atoms with Gasteiger partial charge in [0.15, 0.2) is 0 Å². The zero-order chi connectivity index (χ0) is 19.1. The molecule has 0 radical (unpaired) electrons. The van der Waals surface area contributed by atoms with Crippen LogP contribution < -0.4 is 4.90 Å². The van der Waals surface area contributed by atoms with Gasteiger partial charge in [-0.05, 0) is 44.0 Å². The monoisotopic (exact) mass is 365 g/mol. The van der Waals surface area contributed by atoms with Crippen molar-refractivity contribution in [1.82, 2.24) is 9.13 Å². The van der Waals surface area contributed by atoms with Crippen molar-refractivity contribution in [2.24, 2.45) is 7.05 Å². The second-order valence-corrected chi connectivity index (χ2v) is 7.19. The first-order chi connectivity index (χ1) is 13.0. The SMILES string of the molecule is CC(C)OC(=O)c1cc2c(ccn2C)n1CC(=O)N1CCc2ccccc21. The van der Waals surface area contributed by atoms with E-state index >= 15 is 0 Å². The third-order valence-corrected chi connectivity index (χ3v) is 4.99. The van der Waals surface area contributed by atoms with E-state index in [2.05, 4.69) is 6.07 Å². The van der Waals surface area contributed by atoms with Gasteiger partial charge in [-0.25, -0.2) is 4.79 Å². The maximum Gasteiger partial charge on any atom is 0.355 e. The van der Waals surface area contributed by atoms with Crippen LogP contribution in [0.4, 0.5) is 5.69 Å². The van der Waals surface area contributed by atoms with Gasteiger partial charge in [0.05, 0.1) is 17.1 Å². The molecule has 6 heteroatoms. The third kappa shape index (κ3) is 3.01. The molecule has 3 heterocycles. The molecule has 1 aliphatic rings. The predicted octanol–water partition coefficient (Wildman–Crippen LogP) is 3.13. The second kappa shape index (κ2) is 6.61. The van der Waals surface area contributed by atoms with Crippen LogP contribution in [-0.4, -0.2) is 33.7 Å². The highest BCUT2D eigenvalue weighted by atomic mass is 16.5. The summed E-state index contributed by atoms with van der Waals surface area (Å²) < 4.78 is 9.09. The van der Waals surface area contributed by atoms with E-state index in [1.807, 2.05) is 60.8 Å². The number of benzene rings is 1. The summed E-state index contributed by atoms with van der Waals surface area (Å²) in [7, 11) is 1.92. The van der Waals surface area contributed by atoms with Crippen molar-refractivity contribution in [3.63, 3.8) is 0 Å². The van der Waals surface area contributed by atoms with E-state index < -0.39 is 5.97 Å². The molecule has 0 N–H and O–H groups in total. The standard InChI is InChI=1S/C21H23N3O3/c1-14(2)27-21(26)19-12-18-17(9-10-22(18)3)24(19)13-20(25)23-11-8-15-6-4-5-7-16(15)23/h4-7,9-10,12,14H,8,11,13H2,1-3H3. The Morgan fingerprint density at radius 1 is 1.15 bits per heavy atom. The molecule has 0 saturated heterocycles. The largest absolute Gasteiger partial charge is 0.458 e. The molecule has 6 nitrogen and oxygen atoms in total. The van der Waals surface area contributed by atoms with E-state index in [4.69, 9.17) is 4.74 Å². The van der Waals surface area contributed by atoms with E-state index in [9.17, 15) is 9.59 Å². The van der Waals surface area contributed by atoms with Gasteiger partial charge in [0.1, 0.15) is 12.2 Å². The quantitative estimate of drug-likeness (QED) is 0.668. The molecule has 0 fully saturated rings. The molecule has 0 aliphatic carbocycles. The van der Waals surface area contributed by atoms with Gasteiger partial charge in [0.25, 0.3) is 0 Å². The molecule has 0 saturated carbocycles. The molecular formula is C21H23N3O3. The first-order valence-corrected chi connectivity index (χ1v) is 9.19. The number of aryl methyl sites for hydroxylation is 1. The number of esters is 1. The minimum atomic E-state index is -0.407. The molecule has 1 aliphatic heterocycles. The number of hydrogen-bond donors (Lipinski definition) is 0. The van der Waals surface area contributed by atoms with Crippen molar-refractivity contribution >= 4 is 28.6 Å². The highest BCUT2D eigenvalue weighted by molar-refractivity contribution is 5.99. The molecule has 140 valence electrons. The highest BCUT2D eigenvalue weighted by Gasteiger charge is 2.27. The number of aromatic nitrogens is 2. The molecule has 0 bridgehead atoms. The van der Waals surface area contributed by atoms with Gasteiger partial charge in [-0.2, -0.15) is 0 Å². The Morgan fingerprint density at radius 2 is 1.93 bits per heavy atom. The molecule has 0 spiro atoms. The molecular weight excluding hydrogens is 342 g/mol. The lowest BCUT2D eigenvalue weighted by molar-refractivity contribution is -0.119. The topological polar surface area (TPSA) is 56.5 Å². The van der Waals surface area contributed by atoms with Crippen LogP contribution in [-0.2, 0) is 29.5 Å². The van der Waals surface area contributed by atoms with Gasteiger partial charge in [-0.1, -0.05) is 18.2 Å². The fourth-order valence-corrected chi connectivity index (χ4v) is 3.70. The Kier molecular flexibility index (Phi) is 4.26. The number of anilines is 1. The lowest BCUT2D eigenvalue weighted by Crippen LogP contribution is -2.33. The average Bonchev–Trinajstić information content (AvgIpc) is 3.30. The van der Waals surface area contributed by atoms with Crippen LogP contribution in [0.5, 0.6) is 0 Å². The van der Waals surface area contributed by atoms with Gasteiger partial charge >= 0.3 is 5.97 Å². The fraction of sp³-hybridized carbons (Fsp3) is 0.333. The Morgan fingerprint density at radius 3 is 2.70 bits per heavy atom. The number of nitrogens with zero attached hydrogens (tertiary/aromatic N) is 3. The van der Waals surface area contributed by atoms with Crippen molar-refractivity contribution in [3.05, 3.63) is 53.9 Å². The number of ether oxygens (including phenoxy) is 1. The molecule has 4 rings (SSSR count). The molecule has 27 heavy (non-hydrogen) atoms. The van der Waals surface area contributed by atoms with Crippen molar-refractivity contribution in [3.8, 4) is 0 Å². The number of rotatable bonds is 4. The lowest BCUT2D eigenvalue weighted by Gasteiger charge is -2.19. The first-order valence-electron chi connectivity index (χ1n) is 9.19. The Hall–Kier alpha value is -3.02. The minimum absolute atomic E-state index is 0.0279. The smallest absolute Gasteiger partial charge is 0.355 e. The number of carbonyl (C=O) groups excluding carboxylic acids is 2. The van der Waals surface area contributed by atoms with E-state index in [1.165, 1.54) is 5.56 Å². The third-order valence-electron chi connectivity index (χ3n) is 4.99. The van der Waals surface area contributed by atoms with Crippen molar-refractivity contribution in [1.29, 1.82) is 0 Å². The zero-order valence-electron chi connectivity index (χ0n) is 15.8. The van der Waals surface area contributed by atoms with Gasteiger partial charge in [-0.3, -0.25) is 4.79 Å². The Balaban J connectivity index is 1.69. The molecule has 0 unspecified atom stereocenters. The Bertz CT molecular complexity index is 1030. The summed E-state index contributed by atoms with van der Waals surface area (Å²) in [6.07, 6.45) is 2.57. The van der Waals surface area contributed by atoms with Crippen molar-refractivity contribution < 1.29 is 14.3 Å². The fourth-order valence-electron chi connectivity index (χ4n) is 3.70. The molecule has 2 aromatic heterocycles. The van der Waals surface area contributed by atoms with Crippen LogP contribution >= 0.6 is 0 Å². The lowest BCUT2D eigenvalue weighted by atomic mass is 10.2. The molecule has 1 aromatic carbocycles. The normalized spacial score (nSPS) is 13.4. The summed E-state index contributed by atoms with van der Waals surface area (Å²) in [5.41, 5.74) is 4.31. The molecule has 0 atom stereocenters. The maximum atomic E-state index is 13.1. The number of carbonyl (C=O) groups is 2. The summed E-state index contributed by atoms with van der Waals surface area (Å²) in [5.74, 6) is -0.435. The van der Waals surface area contributed by atoms with Gasteiger partial charge < -0.3 is 18.8 Å². The van der Waals surface area contributed by atoms with Gasteiger partial charge in [0, 0.05) is 25.5 Å². The summed E-state index contributed by atoms with van der Waals surface area (Å²) in [6.45, 7) is 4.40. The second-order valence-electron chi connectivity index (χ2n) is 7.19. The van der Waals surface area contributed by atoms with E-state index in [0.29, 0.717) is 12.2 Å². The van der Waals surface area contributed by atoms with E-state index in [0.717, 1.165) is 23.1 Å². The van der Waals surface area contributed by atoms with Crippen LogP contribution in [0.1, 0.15) is 29.9 Å². The van der Waals surface area contributed by atoms with E-state index in [-0.39, 0.29) is 18.6 Å². The van der Waals surface area contributed by atoms with Crippen LogP contribution in [0.3, 0.4) is 0 Å². The zero-order valence-corrected chi connectivity index (χ0v) is 15.8. The number of para-hydroxylation sites is 1. The summed E-state index contributed by atoms with van der Waals surface area (Å²) in [6, 6.07) is 11.7. The van der Waals surface area contributed by atoms with Crippen LogP contribution in [0.15, 0.2) is 42.6 Å². The highest BCUT2D eigenvalue weighted by Crippen LogP contribution is 2.28. The van der Waals surface area contributed by atoms with Crippen LogP contribution in [0, 0.1) is 0 Å². The van der Waals surface area contributed by atoms with Gasteiger partial charge in [0.2, 0.25) is 5.91 Å². The maximum absolute atomic E-state index is 13.1. The summed E-state index contributed by atoms with van der Waals surface area (Å²) in [4.78, 5) is 27.5. The molecule has 3 aromatic rings. The van der Waals surface area contributed by atoms with Crippen molar-refractivity contribution in [2.45, 2.75) is 32.9 Å². The summed E-state index contributed by atoms with van der Waals surface area (Å²) in [5, 5.41) is 0.